The molecule has 0 aliphatic carbocycles. The van der Waals surface area contributed by atoms with Crippen LogP contribution in [0.4, 0.5) is 0 Å². The maximum atomic E-state index is 9.24. The second kappa shape index (κ2) is 34.5. The third kappa shape index (κ3) is 67.2. The molecule has 0 radical (unpaired) electrons. The fourth-order valence-corrected chi connectivity index (χ4v) is 0.980. The molecule has 0 bridgehead atoms. The molecule has 0 saturated carbocycles. The third-order valence-electron chi connectivity index (χ3n) is 0.267. The quantitative estimate of drug-likeness (QED) is 0.342. The smallest absolute Gasteiger partial charge is 0.563 e. The molecule has 4 atom stereocenters. The first-order valence-electron chi connectivity index (χ1n) is 2.64. The molecule has 0 heterocycles. The Balaban J connectivity index is -0.0000000254. The molecule has 1 N–H and O–H groups in total. The molecule has 0 fully saturated rings. The molecule has 19 heteroatoms. The summed E-state index contributed by atoms with van der Waals surface area (Å²) in [6.07, 6.45) is 0. The molecule has 94 valence electrons. The van der Waals surface area contributed by atoms with Crippen molar-refractivity contribution in [1.29, 1.82) is 0 Å². The molecule has 0 saturated heterocycles. The Morgan fingerprint density at radius 3 is 0.700 bits per heavy atom. The summed E-state index contributed by atoms with van der Waals surface area (Å²) in [4.78, 5) is 37.0. The Hall–Kier alpha value is 4.12. The van der Waals surface area contributed by atoms with E-state index in [4.69, 9.17) is 5.11 Å². The van der Waals surface area contributed by atoms with Crippen molar-refractivity contribution >= 4 is 33.0 Å². The standard InChI is InChI=1S/CH4O.4Na.2O5P2/c1-2;;;;;2*1-6(2)5-7(3)4/h2H,1H3;;;;;;/q;4*+1;;. The molecule has 11 nitrogen and oxygen atoms in total. The number of aliphatic hydroxyl groups is 1. The normalized spacial score (nSPS) is 9.70. The number of hydrogen-bond donors (Lipinski definition) is 1. The van der Waals surface area contributed by atoms with Crippen molar-refractivity contribution < 1.29 is 170 Å². The number of hydrogen-bond acceptors (Lipinski definition) is 11. The van der Waals surface area contributed by atoms with Gasteiger partial charge in [0.05, 0.1) is 0 Å². The van der Waals surface area contributed by atoms with Crippen molar-refractivity contribution in [2.24, 2.45) is 0 Å². The average Bonchev–Trinajstić information content (AvgIpc) is 2.03. The summed E-state index contributed by atoms with van der Waals surface area (Å²) >= 11 is 0. The molecule has 0 spiro atoms. The first-order chi connectivity index (χ1) is 7.25. The zero-order chi connectivity index (χ0) is 13.7. The molecule has 0 aromatic rings. The second-order valence-electron chi connectivity index (χ2n) is 1.06. The molecule has 0 aliphatic rings. The van der Waals surface area contributed by atoms with Crippen LogP contribution in [-0.4, -0.2) is 12.2 Å². The predicted molar refractivity (Wildman–Crippen MR) is 40.7 cm³/mol. The summed E-state index contributed by atoms with van der Waals surface area (Å²) in [6, 6.07) is 0. The number of rotatable bonds is 4. The van der Waals surface area contributed by atoms with E-state index < -0.39 is 33.0 Å². The molecule has 0 aromatic carbocycles. The summed E-state index contributed by atoms with van der Waals surface area (Å²) in [5.74, 6) is 0. The topological polar surface area (TPSA) is 199 Å². The van der Waals surface area contributed by atoms with Crippen LogP contribution in [0.2, 0.25) is 0 Å². The van der Waals surface area contributed by atoms with Gasteiger partial charge in [0, 0.05) is 7.11 Å². The largest absolute Gasteiger partial charge is 1.00 e. The Morgan fingerprint density at radius 2 is 0.700 bits per heavy atom. The molecular formula is CH4Na4O11P4+4. The van der Waals surface area contributed by atoms with Crippen molar-refractivity contribution in [2.45, 2.75) is 0 Å². The van der Waals surface area contributed by atoms with Crippen LogP contribution < -0.4 is 138 Å². The van der Waals surface area contributed by atoms with Gasteiger partial charge in [0.1, 0.15) is 8.62 Å². The van der Waals surface area contributed by atoms with Gasteiger partial charge in [0.2, 0.25) is 0 Å². The minimum Gasteiger partial charge on any atom is -0.563 e. The monoisotopic (exact) mass is 408 g/mol. The van der Waals surface area contributed by atoms with E-state index in [1.54, 1.807) is 0 Å². The van der Waals surface area contributed by atoms with Gasteiger partial charge < -0.3 is 24.7 Å². The average molecular weight is 408 g/mol. The van der Waals surface area contributed by atoms with Gasteiger partial charge >= 0.3 is 151 Å². The third-order valence-corrected chi connectivity index (χ3v) is 2.40. The fraction of sp³-hybridized carbons (Fsp3) is 1.00. The zero-order valence-electron chi connectivity index (χ0n) is 11.3. The van der Waals surface area contributed by atoms with E-state index in [0.717, 1.165) is 7.11 Å². The van der Waals surface area contributed by atoms with E-state index in [9.17, 15) is 37.8 Å². The minimum absolute atomic E-state index is 0. The van der Waals surface area contributed by atoms with Gasteiger partial charge in [-0.1, -0.05) is 0 Å². The van der Waals surface area contributed by atoms with E-state index in [1.165, 1.54) is 0 Å². The van der Waals surface area contributed by atoms with Gasteiger partial charge in [-0.25, -0.2) is 0 Å². The van der Waals surface area contributed by atoms with E-state index >= 15 is 0 Å². The van der Waals surface area contributed by atoms with Crippen LogP contribution in [0.25, 0.3) is 0 Å². The predicted octanol–water partition coefficient (Wildman–Crippen LogP) is -14.3. The van der Waals surface area contributed by atoms with Gasteiger partial charge in [0.25, 0.3) is 0 Å². The van der Waals surface area contributed by atoms with Crippen LogP contribution in [0.5, 0.6) is 0 Å². The van der Waals surface area contributed by atoms with E-state index in [1.807, 2.05) is 0 Å². The SMILES string of the molecule is CO.O=[P+]([O-])O[P+](=O)[O-].O=[P+]([O-])O[P+](=O)[O-].[Na+].[Na+].[Na+].[Na+]. The summed E-state index contributed by atoms with van der Waals surface area (Å²) in [5, 5.41) is 7.00. The summed E-state index contributed by atoms with van der Waals surface area (Å²) in [7, 11) is -11.9. The maximum absolute atomic E-state index is 9.24. The van der Waals surface area contributed by atoms with Crippen LogP contribution in [-0.2, 0) is 26.9 Å². The van der Waals surface area contributed by atoms with E-state index in [2.05, 4.69) is 8.62 Å². The van der Waals surface area contributed by atoms with Crippen LogP contribution >= 0.6 is 33.0 Å². The molecule has 0 amide bonds. The van der Waals surface area contributed by atoms with Gasteiger partial charge in [-0.05, 0) is 18.3 Å². The van der Waals surface area contributed by atoms with Crippen LogP contribution in [0.15, 0.2) is 0 Å². The first-order valence-corrected chi connectivity index (χ1v) is 7.02. The second-order valence-corrected chi connectivity index (χ2v) is 4.15. The van der Waals surface area contributed by atoms with Gasteiger partial charge in [-0.3, -0.25) is 0 Å². The number of aliphatic hydroxyl groups excluding tert-OH is 1. The van der Waals surface area contributed by atoms with Crippen molar-refractivity contribution in [2.75, 3.05) is 7.11 Å². The molecular weight excluding hydrogens is 404 g/mol. The van der Waals surface area contributed by atoms with Gasteiger partial charge in [-0.15, -0.1) is 0 Å². The zero-order valence-corrected chi connectivity index (χ0v) is 22.9. The maximum Gasteiger partial charge on any atom is 1.00 e. The van der Waals surface area contributed by atoms with Crippen molar-refractivity contribution in [3.8, 4) is 0 Å². The Bertz CT molecular complexity index is 211. The molecule has 20 heavy (non-hydrogen) atoms. The summed E-state index contributed by atoms with van der Waals surface area (Å²) < 4.78 is 43.3. The van der Waals surface area contributed by atoms with Crippen molar-refractivity contribution in [3.63, 3.8) is 0 Å². The van der Waals surface area contributed by atoms with E-state index in [-0.39, 0.29) is 118 Å². The molecule has 0 aliphatic heterocycles. The minimum atomic E-state index is -3.24. The van der Waals surface area contributed by atoms with Crippen LogP contribution in [0.1, 0.15) is 0 Å². The van der Waals surface area contributed by atoms with Crippen molar-refractivity contribution in [1.82, 2.24) is 0 Å². The van der Waals surface area contributed by atoms with E-state index in [0.29, 0.717) is 0 Å². The summed E-state index contributed by atoms with van der Waals surface area (Å²) in [5.41, 5.74) is 0. The Labute approximate surface area is 206 Å². The Kier molecular flexibility index (Phi) is 75.8. The van der Waals surface area contributed by atoms with Gasteiger partial charge in [0.15, 0.2) is 0 Å². The van der Waals surface area contributed by atoms with Crippen LogP contribution in [0, 0.1) is 0 Å². The van der Waals surface area contributed by atoms with Crippen molar-refractivity contribution in [3.05, 3.63) is 0 Å². The van der Waals surface area contributed by atoms with Gasteiger partial charge in [-0.2, -0.15) is 0 Å². The first kappa shape index (κ1) is 44.0. The summed E-state index contributed by atoms with van der Waals surface area (Å²) in [6.45, 7) is 0. The molecule has 0 rings (SSSR count). The Morgan fingerprint density at radius 1 is 0.600 bits per heavy atom. The molecule has 4 unspecified atom stereocenters. The van der Waals surface area contributed by atoms with Crippen LogP contribution in [0.3, 0.4) is 0 Å². The molecule has 0 aromatic heterocycles. The fourth-order valence-electron chi connectivity index (χ4n) is 0.109.